The van der Waals surface area contributed by atoms with Gasteiger partial charge in [-0.15, -0.1) is 0 Å². The van der Waals surface area contributed by atoms with E-state index in [1.165, 1.54) is 36.4 Å². The third-order valence-corrected chi connectivity index (χ3v) is 6.12. The summed E-state index contributed by atoms with van der Waals surface area (Å²) in [7, 11) is -8.04. The second-order valence-corrected chi connectivity index (χ2v) is 9.83. The molecule has 8 nitrogen and oxygen atoms in total. The molecule has 0 aromatic heterocycles. The van der Waals surface area contributed by atoms with Crippen LogP contribution in [0.2, 0.25) is 0 Å². The summed E-state index contributed by atoms with van der Waals surface area (Å²) in [6.07, 6.45) is 0. The van der Waals surface area contributed by atoms with Crippen molar-refractivity contribution in [2.75, 3.05) is 11.9 Å². The Morgan fingerprint density at radius 3 is 2.25 bits per heavy atom. The fourth-order valence-corrected chi connectivity index (χ4v) is 4.09. The van der Waals surface area contributed by atoms with Gasteiger partial charge in [-0.2, -0.15) is 8.42 Å². The van der Waals surface area contributed by atoms with E-state index in [2.05, 4.69) is 5.32 Å². The summed E-state index contributed by atoms with van der Waals surface area (Å²) in [6, 6.07) is 10.3. The maximum atomic E-state index is 12.2. The molecule has 0 aliphatic rings. The number of hydrogen-bond donors (Lipinski definition) is 2. The first-order valence-electron chi connectivity index (χ1n) is 8.39. The lowest BCUT2D eigenvalue weighted by molar-refractivity contribution is 0.256. The largest absolute Gasteiger partial charge is 0.333 e. The zero-order valence-corrected chi connectivity index (χ0v) is 17.3. The Hall–Kier alpha value is -2.43. The first-order chi connectivity index (χ1) is 13.0. The number of benzene rings is 2. The number of rotatable bonds is 7. The number of carbonyl (C=O) groups is 1. The molecule has 0 heterocycles. The van der Waals surface area contributed by atoms with Crippen molar-refractivity contribution in [2.45, 2.75) is 30.6 Å². The highest BCUT2D eigenvalue weighted by atomic mass is 32.2. The molecule has 0 bridgehead atoms. The van der Waals surface area contributed by atoms with Gasteiger partial charge in [-0.25, -0.2) is 17.9 Å². The van der Waals surface area contributed by atoms with Gasteiger partial charge in [0.1, 0.15) is 0 Å². The van der Waals surface area contributed by atoms with Crippen LogP contribution in [-0.4, -0.2) is 29.5 Å². The smallest absolute Gasteiger partial charge is 0.307 e. The maximum absolute atomic E-state index is 12.2. The highest BCUT2D eigenvalue weighted by molar-refractivity contribution is 7.90. The molecule has 10 heteroatoms. The molecule has 0 aliphatic carbocycles. The number of nitrogens with one attached hydrogen (secondary N) is 2. The topological polar surface area (TPSA) is 119 Å². The fourth-order valence-electron chi connectivity index (χ4n) is 2.08. The minimum atomic E-state index is -4.06. The molecule has 0 radical (unpaired) electrons. The normalized spacial score (nSPS) is 12.0. The van der Waals surface area contributed by atoms with Gasteiger partial charge in [-0.1, -0.05) is 37.6 Å². The van der Waals surface area contributed by atoms with E-state index < -0.39 is 26.2 Å². The van der Waals surface area contributed by atoms with Crippen LogP contribution in [0.15, 0.2) is 58.3 Å². The van der Waals surface area contributed by atoms with Crippen molar-refractivity contribution in [2.24, 2.45) is 5.92 Å². The van der Waals surface area contributed by atoms with Crippen molar-refractivity contribution in [1.82, 2.24) is 4.72 Å². The number of amides is 2. The van der Waals surface area contributed by atoms with Crippen molar-refractivity contribution in [3.8, 4) is 0 Å². The molecular formula is C18H22N2O6S2. The lowest BCUT2D eigenvalue weighted by Crippen LogP contribution is -2.34. The molecule has 2 N–H and O–H groups in total. The summed E-state index contributed by atoms with van der Waals surface area (Å²) in [4.78, 5) is 11.9. The number of anilines is 1. The van der Waals surface area contributed by atoms with Crippen LogP contribution in [0.1, 0.15) is 19.4 Å². The van der Waals surface area contributed by atoms with Gasteiger partial charge < -0.3 is 5.32 Å². The third-order valence-electron chi connectivity index (χ3n) is 3.50. The van der Waals surface area contributed by atoms with E-state index in [4.69, 9.17) is 4.18 Å². The standard InChI is InChI=1S/C18H22N2O6S2/c1-13(2)12-26-28(24,25)17-6-4-5-15(11-17)19-18(21)20-27(22,23)16-9-7-14(3)8-10-16/h4-11,13H,12H2,1-3H3,(H2,19,20,21). The van der Waals surface area contributed by atoms with E-state index in [0.29, 0.717) is 0 Å². The summed E-state index contributed by atoms with van der Waals surface area (Å²) in [5, 5.41) is 2.31. The number of aryl methyl sites for hydroxylation is 1. The molecule has 2 rings (SSSR count). The first kappa shape index (κ1) is 21.9. The zero-order valence-electron chi connectivity index (χ0n) is 15.7. The van der Waals surface area contributed by atoms with Crippen LogP contribution in [0.25, 0.3) is 0 Å². The van der Waals surface area contributed by atoms with Crippen LogP contribution in [0.4, 0.5) is 10.5 Å². The van der Waals surface area contributed by atoms with Crippen molar-refractivity contribution >= 4 is 31.9 Å². The lowest BCUT2D eigenvalue weighted by atomic mass is 10.2. The van der Waals surface area contributed by atoms with Gasteiger partial charge in [0.25, 0.3) is 20.1 Å². The van der Waals surface area contributed by atoms with Gasteiger partial charge in [0, 0.05) is 5.69 Å². The van der Waals surface area contributed by atoms with E-state index in [1.54, 1.807) is 12.1 Å². The van der Waals surface area contributed by atoms with Crippen molar-refractivity contribution < 1.29 is 25.8 Å². The fraction of sp³-hybridized carbons (Fsp3) is 0.278. The second-order valence-electron chi connectivity index (χ2n) is 6.53. The van der Waals surface area contributed by atoms with E-state index in [0.717, 1.165) is 5.56 Å². The highest BCUT2D eigenvalue weighted by Crippen LogP contribution is 2.18. The zero-order chi connectivity index (χ0) is 20.9. The SMILES string of the molecule is Cc1ccc(S(=O)(=O)NC(=O)Nc2cccc(S(=O)(=O)OCC(C)C)c2)cc1. The number of carbonyl (C=O) groups excluding carboxylic acids is 1. The molecule has 0 aliphatic heterocycles. The predicted molar refractivity (Wildman–Crippen MR) is 105 cm³/mol. The first-order valence-corrected chi connectivity index (χ1v) is 11.3. The number of hydrogen-bond acceptors (Lipinski definition) is 6. The summed E-state index contributed by atoms with van der Waals surface area (Å²) in [5.74, 6) is 0.0221. The van der Waals surface area contributed by atoms with Gasteiger partial charge in [0.15, 0.2) is 0 Å². The Bertz CT molecular complexity index is 1050. The highest BCUT2D eigenvalue weighted by Gasteiger charge is 2.19. The molecule has 152 valence electrons. The van der Waals surface area contributed by atoms with Gasteiger partial charge in [0.05, 0.1) is 16.4 Å². The molecule has 0 fully saturated rings. The minimum Gasteiger partial charge on any atom is -0.307 e. The van der Waals surface area contributed by atoms with E-state index in [-0.39, 0.29) is 28.0 Å². The van der Waals surface area contributed by atoms with Crippen LogP contribution in [0.5, 0.6) is 0 Å². The van der Waals surface area contributed by atoms with Gasteiger partial charge >= 0.3 is 6.03 Å². The van der Waals surface area contributed by atoms with E-state index in [9.17, 15) is 21.6 Å². The Morgan fingerprint density at radius 2 is 1.64 bits per heavy atom. The van der Waals surface area contributed by atoms with Crippen LogP contribution in [-0.2, 0) is 24.3 Å². The van der Waals surface area contributed by atoms with Crippen molar-refractivity contribution in [3.05, 3.63) is 54.1 Å². The van der Waals surface area contributed by atoms with Crippen LogP contribution < -0.4 is 10.0 Å². The van der Waals surface area contributed by atoms with Gasteiger partial charge in [0.2, 0.25) is 0 Å². The van der Waals surface area contributed by atoms with Crippen LogP contribution in [0, 0.1) is 12.8 Å². The molecule has 2 aromatic rings. The molecule has 0 unspecified atom stereocenters. The quantitative estimate of drug-likeness (QED) is 0.657. The van der Waals surface area contributed by atoms with Gasteiger partial charge in [-0.05, 0) is 43.2 Å². The van der Waals surface area contributed by atoms with Crippen molar-refractivity contribution in [1.29, 1.82) is 0 Å². The van der Waals surface area contributed by atoms with Crippen molar-refractivity contribution in [3.63, 3.8) is 0 Å². The molecule has 28 heavy (non-hydrogen) atoms. The van der Waals surface area contributed by atoms with E-state index in [1.807, 2.05) is 25.5 Å². The van der Waals surface area contributed by atoms with Crippen LogP contribution >= 0.6 is 0 Å². The van der Waals surface area contributed by atoms with E-state index >= 15 is 0 Å². The lowest BCUT2D eigenvalue weighted by Gasteiger charge is -2.11. The maximum Gasteiger partial charge on any atom is 0.333 e. The summed E-state index contributed by atoms with van der Waals surface area (Å²) in [6.45, 7) is 5.45. The summed E-state index contributed by atoms with van der Waals surface area (Å²) in [5.41, 5.74) is 0.979. The number of sulfonamides is 1. The number of urea groups is 1. The Labute approximate surface area is 165 Å². The molecule has 2 amide bonds. The molecule has 0 saturated carbocycles. The second kappa shape index (κ2) is 8.72. The van der Waals surface area contributed by atoms with Crippen LogP contribution in [0.3, 0.4) is 0 Å². The monoisotopic (exact) mass is 426 g/mol. The third kappa shape index (κ3) is 6.04. The Balaban J connectivity index is 2.11. The summed E-state index contributed by atoms with van der Waals surface area (Å²) < 4.78 is 55.6. The van der Waals surface area contributed by atoms with Gasteiger partial charge in [-0.3, -0.25) is 4.18 Å². The molecule has 0 spiro atoms. The average molecular weight is 427 g/mol. The molecule has 2 aromatic carbocycles. The Morgan fingerprint density at radius 1 is 1.00 bits per heavy atom. The Kier molecular flexibility index (Phi) is 6.81. The average Bonchev–Trinajstić information content (AvgIpc) is 2.60. The molecular weight excluding hydrogens is 404 g/mol. The molecule has 0 saturated heterocycles. The minimum absolute atomic E-state index is 0.0221. The summed E-state index contributed by atoms with van der Waals surface area (Å²) >= 11 is 0. The predicted octanol–water partition coefficient (Wildman–Crippen LogP) is 2.87. The molecule has 0 atom stereocenters.